The van der Waals surface area contributed by atoms with Gasteiger partial charge in [-0.2, -0.15) is 5.10 Å². The maximum absolute atomic E-state index is 13.6. The highest BCUT2D eigenvalue weighted by Gasteiger charge is 2.14. The molecule has 9 nitrogen and oxygen atoms in total. The van der Waals surface area contributed by atoms with Crippen LogP contribution in [0.2, 0.25) is 0 Å². The summed E-state index contributed by atoms with van der Waals surface area (Å²) >= 11 is 0. The lowest BCUT2D eigenvalue weighted by Crippen LogP contribution is -2.26. The molecule has 2 N–H and O–H groups in total. The highest BCUT2D eigenvalue weighted by atomic mass is 19.1. The number of non-ortho nitro benzene ring substituents is 1. The Hall–Kier alpha value is -4.15. The topological polar surface area (TPSA) is 119 Å². The van der Waals surface area contributed by atoms with Gasteiger partial charge in [-0.25, -0.2) is 13.5 Å². The smallest absolute Gasteiger partial charge is 0.269 e. The van der Waals surface area contributed by atoms with Crippen LogP contribution >= 0.6 is 0 Å². The van der Waals surface area contributed by atoms with Crippen LogP contribution in [-0.2, 0) is 4.79 Å². The number of hydrogen-bond donors (Lipinski definition) is 2. The quantitative estimate of drug-likeness (QED) is 0.314. The molecule has 1 aromatic heterocycles. The molecule has 1 heterocycles. The van der Waals surface area contributed by atoms with E-state index in [-0.39, 0.29) is 36.5 Å². The molecule has 0 spiro atoms. The van der Waals surface area contributed by atoms with Crippen molar-refractivity contribution in [2.45, 2.75) is 19.8 Å². The summed E-state index contributed by atoms with van der Waals surface area (Å²) < 4.78 is 28.0. The van der Waals surface area contributed by atoms with Crippen molar-refractivity contribution >= 4 is 23.3 Å². The van der Waals surface area contributed by atoms with Crippen LogP contribution in [0.1, 0.15) is 28.9 Å². The van der Waals surface area contributed by atoms with E-state index in [2.05, 4.69) is 15.7 Å². The highest BCUT2D eigenvalue weighted by molar-refractivity contribution is 5.94. The minimum absolute atomic E-state index is 0.0641. The third-order valence-corrected chi connectivity index (χ3v) is 4.45. The average molecular weight is 443 g/mol. The van der Waals surface area contributed by atoms with Crippen LogP contribution in [0.3, 0.4) is 0 Å². The van der Waals surface area contributed by atoms with Crippen LogP contribution in [0.5, 0.6) is 0 Å². The first kappa shape index (κ1) is 22.5. The van der Waals surface area contributed by atoms with E-state index in [1.54, 1.807) is 13.0 Å². The minimum Gasteiger partial charge on any atom is -0.352 e. The van der Waals surface area contributed by atoms with Gasteiger partial charge >= 0.3 is 0 Å². The van der Waals surface area contributed by atoms with E-state index >= 15 is 0 Å². The van der Waals surface area contributed by atoms with E-state index in [1.165, 1.54) is 28.9 Å². The first-order valence-corrected chi connectivity index (χ1v) is 9.59. The molecule has 0 unspecified atom stereocenters. The van der Waals surface area contributed by atoms with Crippen LogP contribution < -0.4 is 10.6 Å². The largest absolute Gasteiger partial charge is 0.352 e. The third-order valence-electron chi connectivity index (χ3n) is 4.45. The number of carbonyl (C=O) groups excluding carboxylic acids is 2. The fraction of sp³-hybridized carbons (Fsp3) is 0.190. The van der Waals surface area contributed by atoms with Gasteiger partial charge < -0.3 is 10.6 Å². The van der Waals surface area contributed by atoms with Crippen molar-refractivity contribution in [3.8, 4) is 5.69 Å². The predicted octanol–water partition coefficient (Wildman–Crippen LogP) is 3.52. The van der Waals surface area contributed by atoms with E-state index in [9.17, 15) is 28.5 Å². The highest BCUT2D eigenvalue weighted by Crippen LogP contribution is 2.20. The van der Waals surface area contributed by atoms with Gasteiger partial charge in [-0.15, -0.1) is 0 Å². The number of aromatic nitrogens is 2. The second-order valence-electron chi connectivity index (χ2n) is 6.89. The predicted molar refractivity (Wildman–Crippen MR) is 112 cm³/mol. The van der Waals surface area contributed by atoms with Crippen molar-refractivity contribution < 1.29 is 23.3 Å². The Morgan fingerprint density at radius 1 is 1.12 bits per heavy atom. The molecule has 2 aromatic carbocycles. The van der Waals surface area contributed by atoms with E-state index in [1.807, 2.05) is 0 Å². The number of nitro groups is 1. The number of nitrogens with one attached hydrogen (secondary N) is 2. The van der Waals surface area contributed by atoms with Crippen molar-refractivity contribution in [1.82, 2.24) is 15.1 Å². The Morgan fingerprint density at radius 3 is 2.50 bits per heavy atom. The lowest BCUT2D eigenvalue weighted by Gasteiger charge is -2.09. The summed E-state index contributed by atoms with van der Waals surface area (Å²) in [6.07, 6.45) is 0.349. The van der Waals surface area contributed by atoms with Crippen LogP contribution in [0, 0.1) is 28.7 Å². The first-order valence-electron chi connectivity index (χ1n) is 9.59. The van der Waals surface area contributed by atoms with Crippen molar-refractivity contribution in [3.05, 3.63) is 81.5 Å². The Labute approximate surface area is 181 Å². The fourth-order valence-electron chi connectivity index (χ4n) is 2.93. The van der Waals surface area contributed by atoms with Crippen molar-refractivity contribution in [3.63, 3.8) is 0 Å². The first-order chi connectivity index (χ1) is 15.2. The molecule has 0 aliphatic carbocycles. The van der Waals surface area contributed by atoms with Gasteiger partial charge in [0.15, 0.2) is 0 Å². The Kier molecular flexibility index (Phi) is 6.88. The number of halogens is 2. The van der Waals surface area contributed by atoms with Gasteiger partial charge in [-0.1, -0.05) is 0 Å². The van der Waals surface area contributed by atoms with E-state index < -0.39 is 22.5 Å². The minimum atomic E-state index is -0.963. The molecule has 3 rings (SSSR count). The summed E-state index contributed by atoms with van der Waals surface area (Å²) in [5.41, 5.74) is 0.823. The number of hydrogen-bond acceptors (Lipinski definition) is 5. The summed E-state index contributed by atoms with van der Waals surface area (Å²) in [7, 11) is 0. The molecule has 0 bridgehead atoms. The molecule has 11 heteroatoms. The van der Waals surface area contributed by atoms with Gasteiger partial charge in [0, 0.05) is 37.2 Å². The molecule has 0 aliphatic rings. The number of benzene rings is 2. The SMILES string of the molecule is Cc1cc(NC(=O)CCCNC(=O)c2ccc(F)cc2F)n(-c2ccc([N+](=O)[O-])cc2)n1. The molecule has 0 fully saturated rings. The van der Waals surface area contributed by atoms with E-state index in [0.717, 1.165) is 12.1 Å². The lowest BCUT2D eigenvalue weighted by molar-refractivity contribution is -0.384. The summed E-state index contributed by atoms with van der Waals surface area (Å²) in [5, 5.41) is 20.3. The molecule has 2 amide bonds. The number of anilines is 1. The number of rotatable bonds is 8. The zero-order valence-corrected chi connectivity index (χ0v) is 17.0. The van der Waals surface area contributed by atoms with Crippen LogP contribution in [0.15, 0.2) is 48.5 Å². The maximum atomic E-state index is 13.6. The van der Waals surface area contributed by atoms with Crippen LogP contribution in [0.4, 0.5) is 20.3 Å². The van der Waals surface area contributed by atoms with Gasteiger partial charge in [0.05, 0.1) is 21.9 Å². The molecular weight excluding hydrogens is 424 g/mol. The van der Waals surface area contributed by atoms with Crippen LogP contribution in [-0.4, -0.2) is 33.1 Å². The van der Waals surface area contributed by atoms with Gasteiger partial charge in [0.1, 0.15) is 17.5 Å². The number of carbonyl (C=O) groups is 2. The molecule has 0 saturated heterocycles. The number of aryl methyl sites for hydroxylation is 1. The molecule has 166 valence electrons. The number of nitrogens with zero attached hydrogens (tertiary/aromatic N) is 3. The monoisotopic (exact) mass is 443 g/mol. The van der Waals surface area contributed by atoms with Gasteiger partial charge in [0.2, 0.25) is 5.91 Å². The second kappa shape index (κ2) is 9.77. The molecule has 0 radical (unpaired) electrons. The molecule has 0 aliphatic heterocycles. The van der Waals surface area contributed by atoms with Crippen LogP contribution in [0.25, 0.3) is 5.69 Å². The third kappa shape index (κ3) is 5.50. The Bertz CT molecular complexity index is 1160. The molecule has 0 saturated carbocycles. The molecule has 32 heavy (non-hydrogen) atoms. The molecule has 3 aromatic rings. The Balaban J connectivity index is 1.54. The zero-order chi connectivity index (χ0) is 23.3. The summed E-state index contributed by atoms with van der Waals surface area (Å²) in [4.78, 5) is 34.6. The standard InChI is InChI=1S/C21H19F2N5O4/c1-13-11-19(27(26-13)15-5-7-16(8-6-15)28(31)32)25-20(29)3-2-10-24-21(30)17-9-4-14(22)12-18(17)23/h4-9,11-12H,2-3,10H2,1H3,(H,24,30)(H,25,29). The fourth-order valence-corrected chi connectivity index (χ4v) is 2.93. The Morgan fingerprint density at radius 2 is 1.84 bits per heavy atom. The lowest BCUT2D eigenvalue weighted by atomic mass is 10.2. The van der Waals surface area contributed by atoms with Gasteiger partial charge in [0.25, 0.3) is 11.6 Å². The number of nitro benzene ring substituents is 1. The second-order valence-corrected chi connectivity index (χ2v) is 6.89. The average Bonchev–Trinajstić information content (AvgIpc) is 3.11. The molecular formula is C21H19F2N5O4. The van der Waals surface area contributed by atoms with Gasteiger partial charge in [-0.05, 0) is 37.6 Å². The number of amides is 2. The zero-order valence-electron chi connectivity index (χ0n) is 17.0. The van der Waals surface area contributed by atoms with E-state index in [0.29, 0.717) is 23.3 Å². The van der Waals surface area contributed by atoms with Crippen molar-refractivity contribution in [2.24, 2.45) is 0 Å². The van der Waals surface area contributed by atoms with Crippen molar-refractivity contribution in [2.75, 3.05) is 11.9 Å². The van der Waals surface area contributed by atoms with E-state index in [4.69, 9.17) is 0 Å². The van der Waals surface area contributed by atoms with Gasteiger partial charge in [-0.3, -0.25) is 19.7 Å². The normalized spacial score (nSPS) is 10.6. The molecule has 0 atom stereocenters. The van der Waals surface area contributed by atoms with Crippen molar-refractivity contribution in [1.29, 1.82) is 0 Å². The summed E-state index contributed by atoms with van der Waals surface area (Å²) in [6.45, 7) is 1.85. The maximum Gasteiger partial charge on any atom is 0.269 e. The summed E-state index contributed by atoms with van der Waals surface area (Å²) in [6, 6.07) is 10.0. The summed E-state index contributed by atoms with van der Waals surface area (Å²) in [5.74, 6) is -2.39.